The molecule has 1 N–H and O–H groups in total. The zero-order chi connectivity index (χ0) is 11.0. The molecule has 0 aliphatic carbocycles. The van der Waals surface area contributed by atoms with Gasteiger partial charge >= 0.3 is 0 Å². The second kappa shape index (κ2) is 3.53. The molecule has 2 aromatic rings. The van der Waals surface area contributed by atoms with Crippen LogP contribution in [0.5, 0.6) is 0 Å². The topological polar surface area (TPSA) is 63.3 Å². The Kier molecular flexibility index (Phi) is 2.04. The van der Waals surface area contributed by atoms with Crippen molar-refractivity contribution < 1.29 is 5.11 Å². The SMILES string of the molecule is OCc1nnc2n1-c1ccccc1C=NC2. The van der Waals surface area contributed by atoms with Gasteiger partial charge in [-0.2, -0.15) is 0 Å². The number of para-hydroxylation sites is 1. The highest BCUT2D eigenvalue weighted by Gasteiger charge is 2.16. The Bertz CT molecular complexity index is 559. The molecule has 1 aliphatic heterocycles. The van der Waals surface area contributed by atoms with E-state index >= 15 is 0 Å². The van der Waals surface area contributed by atoms with Crippen molar-refractivity contribution in [3.63, 3.8) is 0 Å². The highest BCUT2D eigenvalue weighted by Crippen LogP contribution is 2.19. The normalized spacial score (nSPS) is 13.1. The minimum absolute atomic E-state index is 0.124. The molecular formula is C11H10N4O. The summed E-state index contributed by atoms with van der Waals surface area (Å²) in [5.41, 5.74) is 1.98. The van der Waals surface area contributed by atoms with Gasteiger partial charge in [0, 0.05) is 11.8 Å². The van der Waals surface area contributed by atoms with E-state index in [1.165, 1.54) is 0 Å². The Morgan fingerprint density at radius 1 is 1.25 bits per heavy atom. The average Bonchev–Trinajstić information content (AvgIpc) is 2.64. The van der Waals surface area contributed by atoms with Crippen LogP contribution in [-0.4, -0.2) is 26.1 Å². The van der Waals surface area contributed by atoms with Gasteiger partial charge in [-0.05, 0) is 6.07 Å². The van der Waals surface area contributed by atoms with Crippen LogP contribution in [0.2, 0.25) is 0 Å². The number of hydrogen-bond donors (Lipinski definition) is 1. The number of aliphatic imine (C=N–C) groups is 1. The van der Waals surface area contributed by atoms with Gasteiger partial charge in [0.2, 0.25) is 0 Å². The number of aromatic nitrogens is 3. The van der Waals surface area contributed by atoms with E-state index in [-0.39, 0.29) is 6.61 Å². The van der Waals surface area contributed by atoms with Gasteiger partial charge in [-0.25, -0.2) is 0 Å². The van der Waals surface area contributed by atoms with Crippen molar-refractivity contribution in [1.29, 1.82) is 0 Å². The number of hydrogen-bond acceptors (Lipinski definition) is 4. The predicted molar refractivity (Wildman–Crippen MR) is 58.6 cm³/mol. The molecule has 1 aromatic carbocycles. The molecular weight excluding hydrogens is 204 g/mol. The molecule has 1 aliphatic rings. The number of fused-ring (bicyclic) bond motifs is 3. The first-order valence-electron chi connectivity index (χ1n) is 5.03. The highest BCUT2D eigenvalue weighted by molar-refractivity contribution is 5.85. The quantitative estimate of drug-likeness (QED) is 0.759. The van der Waals surface area contributed by atoms with Crippen LogP contribution in [0, 0.1) is 0 Å². The molecule has 16 heavy (non-hydrogen) atoms. The van der Waals surface area contributed by atoms with Crippen LogP contribution in [0.3, 0.4) is 0 Å². The largest absolute Gasteiger partial charge is 0.388 e. The zero-order valence-corrected chi connectivity index (χ0v) is 8.54. The lowest BCUT2D eigenvalue weighted by molar-refractivity contribution is 0.268. The molecule has 2 heterocycles. The summed E-state index contributed by atoms with van der Waals surface area (Å²) in [6.07, 6.45) is 1.82. The Hall–Kier alpha value is -2.01. The van der Waals surface area contributed by atoms with Gasteiger partial charge in [0.25, 0.3) is 0 Å². The molecule has 0 atom stereocenters. The van der Waals surface area contributed by atoms with Crippen molar-refractivity contribution in [2.24, 2.45) is 4.99 Å². The fourth-order valence-electron chi connectivity index (χ4n) is 1.86. The zero-order valence-electron chi connectivity index (χ0n) is 8.54. The van der Waals surface area contributed by atoms with Crippen LogP contribution in [0.4, 0.5) is 0 Å². The summed E-state index contributed by atoms with van der Waals surface area (Å²) in [7, 11) is 0. The third-order valence-corrected chi connectivity index (χ3v) is 2.58. The molecule has 5 nitrogen and oxygen atoms in total. The third-order valence-electron chi connectivity index (χ3n) is 2.58. The van der Waals surface area contributed by atoms with E-state index in [2.05, 4.69) is 15.2 Å². The summed E-state index contributed by atoms with van der Waals surface area (Å²) in [5.74, 6) is 1.30. The number of nitrogens with zero attached hydrogens (tertiary/aromatic N) is 4. The van der Waals surface area contributed by atoms with Crippen molar-refractivity contribution in [1.82, 2.24) is 14.8 Å². The van der Waals surface area contributed by atoms with E-state index in [0.717, 1.165) is 17.1 Å². The second-order valence-corrected chi connectivity index (χ2v) is 3.55. The Morgan fingerprint density at radius 2 is 2.12 bits per heavy atom. The van der Waals surface area contributed by atoms with Crippen molar-refractivity contribution in [2.45, 2.75) is 13.2 Å². The van der Waals surface area contributed by atoms with E-state index in [1.807, 2.05) is 35.0 Å². The van der Waals surface area contributed by atoms with Crippen LogP contribution in [-0.2, 0) is 13.2 Å². The van der Waals surface area contributed by atoms with Gasteiger partial charge in [0.1, 0.15) is 6.61 Å². The van der Waals surface area contributed by atoms with Crippen molar-refractivity contribution >= 4 is 6.21 Å². The van der Waals surface area contributed by atoms with Gasteiger partial charge < -0.3 is 5.11 Å². The van der Waals surface area contributed by atoms with Gasteiger partial charge in [0.05, 0.1) is 12.2 Å². The minimum atomic E-state index is -0.124. The summed E-state index contributed by atoms with van der Waals surface area (Å²) in [6.45, 7) is 0.364. The summed E-state index contributed by atoms with van der Waals surface area (Å²) >= 11 is 0. The van der Waals surface area contributed by atoms with Gasteiger partial charge in [-0.3, -0.25) is 9.56 Å². The molecule has 0 unspecified atom stereocenters. The Labute approximate surface area is 92.1 Å². The van der Waals surface area contributed by atoms with E-state index in [0.29, 0.717) is 12.4 Å². The first-order valence-corrected chi connectivity index (χ1v) is 5.03. The molecule has 1 aromatic heterocycles. The molecule has 0 amide bonds. The number of aliphatic hydroxyl groups is 1. The van der Waals surface area contributed by atoms with E-state index < -0.39 is 0 Å². The van der Waals surface area contributed by atoms with Crippen molar-refractivity contribution in [2.75, 3.05) is 0 Å². The lowest BCUT2D eigenvalue weighted by Crippen LogP contribution is -2.05. The molecule has 5 heteroatoms. The van der Waals surface area contributed by atoms with Gasteiger partial charge in [-0.1, -0.05) is 18.2 Å². The molecule has 0 fully saturated rings. The summed E-state index contributed by atoms with van der Waals surface area (Å²) in [4.78, 5) is 4.27. The minimum Gasteiger partial charge on any atom is -0.388 e. The molecule has 0 spiro atoms. The maximum atomic E-state index is 9.24. The second-order valence-electron chi connectivity index (χ2n) is 3.55. The van der Waals surface area contributed by atoms with Gasteiger partial charge in [0.15, 0.2) is 11.6 Å². The average molecular weight is 214 g/mol. The summed E-state index contributed by atoms with van der Waals surface area (Å²) < 4.78 is 1.86. The smallest absolute Gasteiger partial charge is 0.163 e. The fraction of sp³-hybridized carbons (Fsp3) is 0.182. The first-order chi connectivity index (χ1) is 7.90. The summed E-state index contributed by atoms with van der Waals surface area (Å²) in [6, 6.07) is 7.86. The summed E-state index contributed by atoms with van der Waals surface area (Å²) in [5, 5.41) is 17.2. The fourth-order valence-corrected chi connectivity index (χ4v) is 1.86. The van der Waals surface area contributed by atoms with Crippen LogP contribution in [0.15, 0.2) is 29.3 Å². The van der Waals surface area contributed by atoms with E-state index in [4.69, 9.17) is 0 Å². The maximum absolute atomic E-state index is 9.24. The predicted octanol–water partition coefficient (Wildman–Crippen LogP) is 0.692. The van der Waals surface area contributed by atoms with E-state index in [9.17, 15) is 5.11 Å². The van der Waals surface area contributed by atoms with Crippen LogP contribution < -0.4 is 0 Å². The monoisotopic (exact) mass is 214 g/mol. The molecule has 0 radical (unpaired) electrons. The highest BCUT2D eigenvalue weighted by atomic mass is 16.3. The molecule has 0 saturated carbocycles. The number of rotatable bonds is 1. The van der Waals surface area contributed by atoms with Crippen molar-refractivity contribution in [3.05, 3.63) is 41.5 Å². The van der Waals surface area contributed by atoms with Crippen LogP contribution in [0.25, 0.3) is 5.69 Å². The molecule has 0 saturated heterocycles. The third kappa shape index (κ3) is 1.25. The molecule has 3 rings (SSSR count). The molecule has 80 valence electrons. The number of aliphatic hydroxyl groups excluding tert-OH is 1. The first kappa shape index (κ1) is 9.23. The maximum Gasteiger partial charge on any atom is 0.163 e. The van der Waals surface area contributed by atoms with Crippen LogP contribution >= 0.6 is 0 Å². The molecule has 0 bridgehead atoms. The number of benzene rings is 1. The van der Waals surface area contributed by atoms with Crippen molar-refractivity contribution in [3.8, 4) is 5.69 Å². The van der Waals surface area contributed by atoms with E-state index in [1.54, 1.807) is 0 Å². The lowest BCUT2D eigenvalue weighted by Gasteiger charge is -2.08. The van der Waals surface area contributed by atoms with Gasteiger partial charge in [-0.15, -0.1) is 10.2 Å². The standard InChI is InChI=1S/C11H10N4O/c16-7-11-14-13-10-6-12-5-8-3-1-2-4-9(8)15(10)11/h1-5,16H,6-7H2. The Morgan fingerprint density at radius 3 is 3.00 bits per heavy atom. The lowest BCUT2D eigenvalue weighted by atomic mass is 10.2. The van der Waals surface area contributed by atoms with Crippen LogP contribution in [0.1, 0.15) is 17.2 Å². The Balaban J connectivity index is 2.31.